The molecule has 25 heavy (non-hydrogen) atoms. The molecule has 0 radical (unpaired) electrons. The van der Waals surface area contributed by atoms with Crippen molar-refractivity contribution in [1.29, 1.82) is 0 Å². The molecule has 3 heterocycles. The van der Waals surface area contributed by atoms with Crippen LogP contribution in [-0.4, -0.2) is 34.4 Å². The first kappa shape index (κ1) is 17.0. The van der Waals surface area contributed by atoms with E-state index in [9.17, 15) is 14.4 Å². The summed E-state index contributed by atoms with van der Waals surface area (Å²) in [5.41, 5.74) is -0.115. The predicted molar refractivity (Wildman–Crippen MR) is 91.8 cm³/mol. The summed E-state index contributed by atoms with van der Waals surface area (Å²) in [7, 11) is 4.54. The number of hydrogen-bond acceptors (Lipinski definition) is 5. The first-order valence-electron chi connectivity index (χ1n) is 7.33. The van der Waals surface area contributed by atoms with Gasteiger partial charge in [0, 0.05) is 27.2 Å². The second-order valence-electron chi connectivity index (χ2n) is 5.69. The van der Waals surface area contributed by atoms with Crippen LogP contribution >= 0.6 is 11.6 Å². The first-order valence-corrected chi connectivity index (χ1v) is 7.70. The normalized spacial score (nSPS) is 11.2. The van der Waals surface area contributed by atoms with Crippen molar-refractivity contribution in [1.82, 2.24) is 28.5 Å². The Balaban J connectivity index is 2.03. The van der Waals surface area contributed by atoms with Crippen LogP contribution in [0.1, 0.15) is 5.69 Å². The lowest BCUT2D eigenvalue weighted by molar-refractivity contribution is -0.116. The molecule has 3 aromatic heterocycles. The Morgan fingerprint density at radius 3 is 2.52 bits per heavy atom. The molecule has 10 nitrogen and oxygen atoms in total. The quantitative estimate of drug-likeness (QED) is 0.645. The van der Waals surface area contributed by atoms with E-state index in [1.165, 1.54) is 27.9 Å². The molecular formula is C14H16ClN7O3. The monoisotopic (exact) mass is 365 g/mol. The number of fused-ring (bicyclic) bond motifs is 1. The number of nitrogens with zero attached hydrogens (tertiary/aromatic N) is 6. The van der Waals surface area contributed by atoms with E-state index in [4.69, 9.17) is 11.6 Å². The SMILES string of the molecule is Cc1cc(NC(=O)Cn2c(Cl)nc3c2c(=O)n(C)c(=O)n3C)n(C)n1. The highest BCUT2D eigenvalue weighted by Crippen LogP contribution is 2.16. The minimum atomic E-state index is -0.568. The van der Waals surface area contributed by atoms with E-state index in [1.807, 2.05) is 0 Å². The Kier molecular flexibility index (Phi) is 3.99. The maximum Gasteiger partial charge on any atom is 0.332 e. The molecule has 0 aromatic carbocycles. The summed E-state index contributed by atoms with van der Waals surface area (Å²) >= 11 is 6.09. The highest BCUT2D eigenvalue weighted by molar-refractivity contribution is 6.29. The van der Waals surface area contributed by atoms with E-state index < -0.39 is 17.2 Å². The number of rotatable bonds is 3. The molecule has 1 N–H and O–H groups in total. The van der Waals surface area contributed by atoms with Gasteiger partial charge in [0.05, 0.1) is 5.69 Å². The topological polar surface area (TPSA) is 109 Å². The predicted octanol–water partition coefficient (Wildman–Crippen LogP) is -0.232. The molecule has 0 saturated carbocycles. The molecule has 0 unspecified atom stereocenters. The van der Waals surface area contributed by atoms with Crippen molar-refractivity contribution >= 4 is 34.5 Å². The first-order chi connectivity index (χ1) is 11.7. The number of aryl methyl sites for hydroxylation is 3. The molecule has 0 atom stereocenters. The number of carbonyl (C=O) groups is 1. The molecule has 0 saturated heterocycles. The van der Waals surface area contributed by atoms with Gasteiger partial charge in [0.15, 0.2) is 11.2 Å². The summed E-state index contributed by atoms with van der Waals surface area (Å²) in [6.45, 7) is 1.58. The summed E-state index contributed by atoms with van der Waals surface area (Å²) in [5, 5.41) is 6.79. The molecule has 0 aliphatic heterocycles. The zero-order chi connectivity index (χ0) is 18.5. The molecule has 0 bridgehead atoms. The minimum absolute atomic E-state index is 0.0513. The van der Waals surface area contributed by atoms with Crippen LogP contribution in [0.3, 0.4) is 0 Å². The van der Waals surface area contributed by atoms with Gasteiger partial charge in [-0.15, -0.1) is 0 Å². The molecule has 0 fully saturated rings. The average molecular weight is 366 g/mol. The number of carbonyl (C=O) groups excluding carboxylic acids is 1. The molecule has 0 aliphatic carbocycles. The van der Waals surface area contributed by atoms with Gasteiger partial charge in [-0.05, 0) is 18.5 Å². The van der Waals surface area contributed by atoms with Crippen molar-refractivity contribution in [3.8, 4) is 0 Å². The number of amides is 1. The summed E-state index contributed by atoms with van der Waals surface area (Å²) in [6, 6.07) is 1.72. The van der Waals surface area contributed by atoms with Crippen molar-refractivity contribution in [3.63, 3.8) is 0 Å². The van der Waals surface area contributed by atoms with Crippen LogP contribution in [0, 0.1) is 6.92 Å². The van der Waals surface area contributed by atoms with E-state index >= 15 is 0 Å². The fourth-order valence-corrected chi connectivity index (χ4v) is 2.84. The van der Waals surface area contributed by atoms with Crippen LogP contribution in [0.15, 0.2) is 15.7 Å². The van der Waals surface area contributed by atoms with Gasteiger partial charge in [-0.1, -0.05) is 0 Å². The number of aromatic nitrogens is 6. The maximum absolute atomic E-state index is 12.4. The molecule has 3 aromatic rings. The third kappa shape index (κ3) is 2.74. The summed E-state index contributed by atoms with van der Waals surface area (Å²) in [6.07, 6.45) is 0. The molecule has 0 spiro atoms. The number of halogens is 1. The smallest absolute Gasteiger partial charge is 0.309 e. The molecule has 11 heteroatoms. The Morgan fingerprint density at radius 2 is 1.92 bits per heavy atom. The van der Waals surface area contributed by atoms with E-state index in [0.717, 1.165) is 10.3 Å². The zero-order valence-electron chi connectivity index (χ0n) is 14.1. The van der Waals surface area contributed by atoms with E-state index in [-0.39, 0.29) is 23.0 Å². The van der Waals surface area contributed by atoms with E-state index in [0.29, 0.717) is 5.82 Å². The van der Waals surface area contributed by atoms with Crippen molar-refractivity contribution in [3.05, 3.63) is 37.9 Å². The molecule has 3 rings (SSSR count). The molecule has 132 valence electrons. The van der Waals surface area contributed by atoms with Crippen molar-refractivity contribution < 1.29 is 4.79 Å². The highest BCUT2D eigenvalue weighted by atomic mass is 35.5. The van der Waals surface area contributed by atoms with Gasteiger partial charge < -0.3 is 5.32 Å². The zero-order valence-corrected chi connectivity index (χ0v) is 14.8. The van der Waals surface area contributed by atoms with Crippen LogP contribution in [0.25, 0.3) is 11.2 Å². The Morgan fingerprint density at radius 1 is 1.24 bits per heavy atom. The van der Waals surface area contributed by atoms with Gasteiger partial charge >= 0.3 is 5.69 Å². The minimum Gasteiger partial charge on any atom is -0.309 e. The third-order valence-electron chi connectivity index (χ3n) is 3.87. The van der Waals surface area contributed by atoms with Crippen molar-refractivity contribution in [2.45, 2.75) is 13.5 Å². The van der Waals surface area contributed by atoms with Gasteiger partial charge in [-0.3, -0.25) is 28.0 Å². The standard InChI is InChI=1S/C14H16ClN7O3/c1-7-5-8(21(4)18-7)16-9(23)6-22-10-11(17-13(22)15)19(2)14(25)20(3)12(10)24/h5H,6H2,1-4H3,(H,16,23). The van der Waals surface area contributed by atoms with Gasteiger partial charge in [-0.25, -0.2) is 4.79 Å². The maximum atomic E-state index is 12.4. The number of imidazole rings is 1. The lowest BCUT2D eigenvalue weighted by Crippen LogP contribution is -2.37. The fourth-order valence-electron chi connectivity index (χ4n) is 2.62. The molecule has 1 amide bonds. The van der Waals surface area contributed by atoms with Gasteiger partial charge in [0.25, 0.3) is 5.56 Å². The second-order valence-corrected chi connectivity index (χ2v) is 6.03. The fraction of sp³-hybridized carbons (Fsp3) is 0.357. The van der Waals surface area contributed by atoms with Gasteiger partial charge in [-0.2, -0.15) is 10.1 Å². The van der Waals surface area contributed by atoms with Crippen molar-refractivity contribution in [2.75, 3.05) is 5.32 Å². The third-order valence-corrected chi connectivity index (χ3v) is 4.16. The average Bonchev–Trinajstić information content (AvgIpc) is 3.03. The van der Waals surface area contributed by atoms with Crippen LogP contribution in [-0.2, 0) is 32.5 Å². The summed E-state index contributed by atoms with van der Waals surface area (Å²) in [5.74, 6) is 0.114. The van der Waals surface area contributed by atoms with Crippen LogP contribution < -0.4 is 16.6 Å². The highest BCUT2D eigenvalue weighted by Gasteiger charge is 2.20. The Bertz CT molecular complexity index is 1120. The van der Waals surface area contributed by atoms with Gasteiger partial charge in [0.2, 0.25) is 11.2 Å². The largest absolute Gasteiger partial charge is 0.332 e. The Hall–Kier alpha value is -2.88. The van der Waals surface area contributed by atoms with Crippen LogP contribution in [0.2, 0.25) is 5.28 Å². The van der Waals surface area contributed by atoms with Gasteiger partial charge in [0.1, 0.15) is 12.4 Å². The van der Waals surface area contributed by atoms with E-state index in [2.05, 4.69) is 15.4 Å². The summed E-state index contributed by atoms with van der Waals surface area (Å²) in [4.78, 5) is 40.8. The van der Waals surface area contributed by atoms with Crippen LogP contribution in [0.4, 0.5) is 5.82 Å². The molecular weight excluding hydrogens is 350 g/mol. The second kappa shape index (κ2) is 5.88. The lowest BCUT2D eigenvalue weighted by Gasteiger charge is -2.08. The van der Waals surface area contributed by atoms with Crippen molar-refractivity contribution in [2.24, 2.45) is 21.1 Å². The van der Waals surface area contributed by atoms with E-state index in [1.54, 1.807) is 20.0 Å². The Labute approximate surface area is 146 Å². The summed E-state index contributed by atoms with van der Waals surface area (Å²) < 4.78 is 4.96. The van der Waals surface area contributed by atoms with Crippen LogP contribution in [0.5, 0.6) is 0 Å². The number of hydrogen-bond donors (Lipinski definition) is 1. The lowest BCUT2D eigenvalue weighted by atomic mass is 10.4. The molecule has 0 aliphatic rings. The number of anilines is 1. The number of nitrogens with one attached hydrogen (secondary N) is 1.